The molecule has 0 aliphatic rings. The van der Waals surface area contributed by atoms with Crippen molar-refractivity contribution in [3.8, 4) is 17.2 Å². The fourth-order valence-electron chi connectivity index (χ4n) is 2.64. The molecular formula is C19H23N3O5. The molecule has 8 heteroatoms. The van der Waals surface area contributed by atoms with Gasteiger partial charge in [-0.05, 0) is 11.6 Å². The van der Waals surface area contributed by atoms with Crippen molar-refractivity contribution in [3.63, 3.8) is 0 Å². The number of hydrogen-bond acceptors (Lipinski definition) is 6. The number of methoxy groups -OCH3 is 3. The lowest BCUT2D eigenvalue weighted by molar-refractivity contribution is -0.122. The monoisotopic (exact) mass is 373 g/mol. The van der Waals surface area contributed by atoms with E-state index < -0.39 is 18.0 Å². The van der Waals surface area contributed by atoms with Crippen LogP contribution in [0.5, 0.6) is 17.2 Å². The van der Waals surface area contributed by atoms with E-state index in [0.29, 0.717) is 22.8 Å². The predicted octanol–water partition coefficient (Wildman–Crippen LogP) is 1.74. The zero-order valence-electron chi connectivity index (χ0n) is 15.4. The van der Waals surface area contributed by atoms with Gasteiger partial charge in [0, 0.05) is 18.2 Å². The van der Waals surface area contributed by atoms with Crippen LogP contribution in [0, 0.1) is 0 Å². The van der Waals surface area contributed by atoms with Gasteiger partial charge in [-0.25, -0.2) is 4.79 Å². The van der Waals surface area contributed by atoms with Gasteiger partial charge in [0.25, 0.3) is 0 Å². The molecule has 0 radical (unpaired) electrons. The Morgan fingerprint density at radius 1 is 0.963 bits per heavy atom. The van der Waals surface area contributed by atoms with E-state index >= 15 is 0 Å². The largest absolute Gasteiger partial charge is 0.496 e. The lowest BCUT2D eigenvalue weighted by atomic mass is 10.1. The second-order valence-electron chi connectivity index (χ2n) is 5.60. The van der Waals surface area contributed by atoms with E-state index in [9.17, 15) is 9.59 Å². The molecule has 2 rings (SSSR count). The van der Waals surface area contributed by atoms with Crippen molar-refractivity contribution in [1.29, 1.82) is 0 Å². The molecule has 2 aromatic carbocycles. The van der Waals surface area contributed by atoms with E-state index in [4.69, 9.17) is 19.9 Å². The first-order chi connectivity index (χ1) is 13.0. The summed E-state index contributed by atoms with van der Waals surface area (Å²) in [7, 11) is 4.61. The molecule has 0 heterocycles. The molecule has 2 aromatic rings. The Kier molecular flexibility index (Phi) is 7.01. The zero-order chi connectivity index (χ0) is 19.8. The number of nitrogens with one attached hydrogen (secondary N) is 2. The number of hydrogen-bond donors (Lipinski definition) is 3. The molecule has 3 amide bonds. The number of nitrogens with two attached hydrogens (primary N) is 1. The van der Waals surface area contributed by atoms with Gasteiger partial charge in [0.05, 0.1) is 21.3 Å². The van der Waals surface area contributed by atoms with E-state index in [1.165, 1.54) is 14.2 Å². The third-order valence-electron chi connectivity index (χ3n) is 3.92. The van der Waals surface area contributed by atoms with Crippen molar-refractivity contribution in [3.05, 3.63) is 53.6 Å². The Hall–Kier alpha value is -3.26. The number of primary amides is 1. The smallest absolute Gasteiger partial charge is 0.318 e. The second-order valence-corrected chi connectivity index (χ2v) is 5.60. The standard InChI is InChI=1S/C19H23N3O5/c1-25-14-10-16(27-3)15(26-2)9-13(14)11-21-17(18(23)22-19(20)24)12-7-5-4-6-8-12/h4-10,17,21H,11H2,1-3H3,(H3,20,22,23,24)/t17-/m1/s1. The molecule has 1 atom stereocenters. The van der Waals surface area contributed by atoms with Crippen LogP contribution in [0.3, 0.4) is 0 Å². The molecule has 0 fully saturated rings. The van der Waals surface area contributed by atoms with Gasteiger partial charge in [0.2, 0.25) is 5.91 Å². The summed E-state index contributed by atoms with van der Waals surface area (Å²) in [5.41, 5.74) is 6.53. The highest BCUT2D eigenvalue weighted by Gasteiger charge is 2.22. The fourth-order valence-corrected chi connectivity index (χ4v) is 2.64. The molecule has 0 saturated carbocycles. The van der Waals surface area contributed by atoms with Gasteiger partial charge >= 0.3 is 6.03 Å². The highest BCUT2D eigenvalue weighted by atomic mass is 16.5. The van der Waals surface area contributed by atoms with Crippen molar-refractivity contribution >= 4 is 11.9 Å². The number of amides is 3. The van der Waals surface area contributed by atoms with Crippen LogP contribution in [-0.2, 0) is 11.3 Å². The molecule has 0 saturated heterocycles. The minimum Gasteiger partial charge on any atom is -0.496 e. The summed E-state index contributed by atoms with van der Waals surface area (Å²) in [6, 6.07) is 10.8. The van der Waals surface area contributed by atoms with Gasteiger partial charge in [0.1, 0.15) is 11.8 Å². The Morgan fingerprint density at radius 3 is 2.11 bits per heavy atom. The predicted molar refractivity (Wildman–Crippen MR) is 99.8 cm³/mol. The van der Waals surface area contributed by atoms with Crippen LogP contribution in [-0.4, -0.2) is 33.3 Å². The minimum absolute atomic E-state index is 0.273. The van der Waals surface area contributed by atoms with Crippen LogP contribution in [0.15, 0.2) is 42.5 Å². The second kappa shape index (κ2) is 9.44. The van der Waals surface area contributed by atoms with E-state index in [0.717, 1.165) is 5.56 Å². The highest BCUT2D eigenvalue weighted by molar-refractivity contribution is 5.96. The summed E-state index contributed by atoms with van der Waals surface area (Å²) in [6.07, 6.45) is 0. The summed E-state index contributed by atoms with van der Waals surface area (Å²) < 4.78 is 16.0. The van der Waals surface area contributed by atoms with Gasteiger partial charge in [-0.2, -0.15) is 0 Å². The quantitative estimate of drug-likeness (QED) is 0.650. The maximum absolute atomic E-state index is 12.4. The number of ether oxygens (including phenoxy) is 3. The van der Waals surface area contributed by atoms with Crippen LogP contribution < -0.4 is 30.6 Å². The molecule has 0 aliphatic carbocycles. The first kappa shape index (κ1) is 20.1. The summed E-state index contributed by atoms with van der Waals surface area (Å²) >= 11 is 0. The minimum atomic E-state index is -0.911. The number of carbonyl (C=O) groups is 2. The normalized spacial score (nSPS) is 11.4. The maximum atomic E-state index is 12.4. The van der Waals surface area contributed by atoms with Crippen molar-refractivity contribution in [1.82, 2.24) is 10.6 Å². The van der Waals surface area contributed by atoms with Crippen molar-refractivity contribution in [2.24, 2.45) is 5.73 Å². The molecule has 4 N–H and O–H groups in total. The van der Waals surface area contributed by atoms with Gasteiger partial charge in [-0.1, -0.05) is 30.3 Å². The Morgan fingerprint density at radius 2 is 1.56 bits per heavy atom. The third-order valence-corrected chi connectivity index (χ3v) is 3.92. The van der Waals surface area contributed by atoms with Crippen molar-refractivity contribution in [2.45, 2.75) is 12.6 Å². The lowest BCUT2D eigenvalue weighted by Crippen LogP contribution is -2.42. The summed E-state index contributed by atoms with van der Waals surface area (Å²) in [5, 5.41) is 5.23. The Bertz CT molecular complexity index is 795. The molecule has 0 aromatic heterocycles. The molecule has 0 unspecified atom stereocenters. The van der Waals surface area contributed by atoms with Crippen LogP contribution in [0.4, 0.5) is 4.79 Å². The summed E-state index contributed by atoms with van der Waals surface area (Å²) in [5.74, 6) is 1.09. The lowest BCUT2D eigenvalue weighted by Gasteiger charge is -2.20. The summed E-state index contributed by atoms with van der Waals surface area (Å²) in [4.78, 5) is 23.5. The SMILES string of the molecule is COc1cc(OC)c(OC)cc1CN[C@@H](C(=O)NC(N)=O)c1ccccc1. The maximum Gasteiger partial charge on any atom is 0.318 e. The van der Waals surface area contributed by atoms with E-state index in [-0.39, 0.29) is 6.54 Å². The van der Waals surface area contributed by atoms with E-state index in [1.807, 2.05) is 6.07 Å². The molecule has 0 aliphatic heterocycles. The van der Waals surface area contributed by atoms with Gasteiger partial charge in [-0.15, -0.1) is 0 Å². The van der Waals surface area contributed by atoms with Gasteiger partial charge < -0.3 is 19.9 Å². The van der Waals surface area contributed by atoms with Crippen molar-refractivity contribution in [2.75, 3.05) is 21.3 Å². The van der Waals surface area contributed by atoms with Crippen LogP contribution in [0.25, 0.3) is 0 Å². The third kappa shape index (κ3) is 5.11. The van der Waals surface area contributed by atoms with Crippen LogP contribution >= 0.6 is 0 Å². The van der Waals surface area contributed by atoms with Crippen LogP contribution in [0.2, 0.25) is 0 Å². The molecule has 0 spiro atoms. The average molecular weight is 373 g/mol. The number of rotatable bonds is 8. The first-order valence-electron chi connectivity index (χ1n) is 8.17. The van der Waals surface area contributed by atoms with Gasteiger partial charge in [-0.3, -0.25) is 15.4 Å². The topological polar surface area (TPSA) is 112 Å². The summed E-state index contributed by atoms with van der Waals surface area (Å²) in [6.45, 7) is 0.273. The number of carbonyl (C=O) groups excluding carboxylic acids is 2. The van der Waals surface area contributed by atoms with Crippen LogP contribution in [0.1, 0.15) is 17.2 Å². The molecule has 144 valence electrons. The average Bonchev–Trinajstić information content (AvgIpc) is 2.67. The Balaban J connectivity index is 2.28. The number of imide groups is 1. The molecule has 8 nitrogen and oxygen atoms in total. The van der Waals surface area contributed by atoms with Crippen molar-refractivity contribution < 1.29 is 23.8 Å². The number of urea groups is 1. The molecular weight excluding hydrogens is 350 g/mol. The van der Waals surface area contributed by atoms with E-state index in [1.54, 1.807) is 43.5 Å². The number of benzene rings is 2. The molecule has 27 heavy (non-hydrogen) atoms. The molecule has 0 bridgehead atoms. The first-order valence-corrected chi connectivity index (χ1v) is 8.17. The van der Waals surface area contributed by atoms with Gasteiger partial charge in [0.15, 0.2) is 11.5 Å². The van der Waals surface area contributed by atoms with E-state index in [2.05, 4.69) is 10.6 Å². The highest BCUT2D eigenvalue weighted by Crippen LogP contribution is 2.34. The Labute approximate surface area is 157 Å². The zero-order valence-corrected chi connectivity index (χ0v) is 15.4. The fraction of sp³-hybridized carbons (Fsp3) is 0.263.